The molecule has 0 N–H and O–H groups in total. The van der Waals surface area contributed by atoms with Crippen LogP contribution in [0, 0.1) is 10.1 Å². The largest absolute Gasteiger partial charge is 0.490 e. The van der Waals surface area contributed by atoms with Crippen LogP contribution in [0.5, 0.6) is 17.2 Å². The lowest BCUT2D eigenvalue weighted by Gasteiger charge is -2.37. The van der Waals surface area contributed by atoms with Gasteiger partial charge in [-0.3, -0.25) is 19.8 Å². The fourth-order valence-corrected chi connectivity index (χ4v) is 5.73. The van der Waals surface area contributed by atoms with Gasteiger partial charge in [0.15, 0.2) is 6.73 Å². The van der Waals surface area contributed by atoms with Crippen LogP contribution in [-0.4, -0.2) is 79.3 Å². The average molecular weight is 684 g/mol. The van der Waals surface area contributed by atoms with E-state index in [1.54, 1.807) is 0 Å². The molecule has 2 saturated heterocycles. The number of nitrogens with zero attached hydrogens (tertiary/aromatic N) is 7. The van der Waals surface area contributed by atoms with Crippen LogP contribution in [0.4, 0.5) is 24.5 Å². The first-order chi connectivity index (χ1) is 23.6. The zero-order valence-electron chi connectivity index (χ0n) is 26.6. The number of alkyl halides is 3. The average Bonchev–Trinajstić information content (AvgIpc) is 3.10. The quantitative estimate of drug-likeness (QED) is 0.0660. The Kier molecular flexibility index (Phi) is 11.7. The summed E-state index contributed by atoms with van der Waals surface area (Å²) in [4.78, 5) is 32.6. The Morgan fingerprint density at radius 1 is 0.939 bits per heavy atom. The Morgan fingerprint density at radius 2 is 1.61 bits per heavy atom. The van der Waals surface area contributed by atoms with E-state index in [0.29, 0.717) is 56.0 Å². The van der Waals surface area contributed by atoms with E-state index >= 15 is 0 Å². The Balaban J connectivity index is 0.996. The summed E-state index contributed by atoms with van der Waals surface area (Å²) in [6.45, 7) is 4.81. The van der Waals surface area contributed by atoms with Crippen molar-refractivity contribution in [3.05, 3.63) is 98.4 Å². The number of piperidine rings is 1. The maximum absolute atomic E-state index is 13.0. The van der Waals surface area contributed by atoms with Crippen LogP contribution in [0.25, 0.3) is 10.4 Å². The summed E-state index contributed by atoms with van der Waals surface area (Å²) in [6, 6.07) is 16.8. The molecule has 13 nitrogen and oxygen atoms in total. The molecule has 0 saturated carbocycles. The lowest BCUT2D eigenvalue weighted by atomic mass is 10.1. The Morgan fingerprint density at radius 3 is 2.24 bits per heavy atom. The van der Waals surface area contributed by atoms with Gasteiger partial charge in [0.05, 0.1) is 10.5 Å². The standard InChI is InChI=1S/C33H36F3N7O6/c34-33(35,36)25-3-1-24(2-4-25)22-47-27-7-5-26(6-8-27)41-19-17-40(18-20-41)14-13-32(44)42-15-11-28(12-16-42)49-29-9-10-30(43(45)46)31(21-29)48-23-38-39-37/h1-10,21,28H,11-20,22-23H2. The molecule has 2 aliphatic rings. The number of benzene rings is 3. The zero-order valence-corrected chi connectivity index (χ0v) is 26.6. The third-order valence-electron chi connectivity index (χ3n) is 8.47. The second kappa shape index (κ2) is 16.3. The molecule has 2 heterocycles. The van der Waals surface area contributed by atoms with E-state index in [0.717, 1.165) is 44.0 Å². The predicted octanol–water partition coefficient (Wildman–Crippen LogP) is 6.42. The highest BCUT2D eigenvalue weighted by Gasteiger charge is 2.30. The van der Waals surface area contributed by atoms with E-state index in [1.165, 1.54) is 30.3 Å². The summed E-state index contributed by atoms with van der Waals surface area (Å²) < 4.78 is 55.3. The lowest BCUT2D eigenvalue weighted by molar-refractivity contribution is -0.385. The van der Waals surface area contributed by atoms with Crippen LogP contribution in [-0.2, 0) is 17.6 Å². The number of nitro groups is 1. The molecule has 0 spiro atoms. The third kappa shape index (κ3) is 9.90. The first-order valence-electron chi connectivity index (χ1n) is 15.8. The van der Waals surface area contributed by atoms with Crippen molar-refractivity contribution in [1.29, 1.82) is 0 Å². The van der Waals surface area contributed by atoms with Gasteiger partial charge < -0.3 is 24.0 Å². The summed E-state index contributed by atoms with van der Waals surface area (Å²) in [5, 5.41) is 14.5. The molecule has 16 heteroatoms. The number of anilines is 1. The highest BCUT2D eigenvalue weighted by atomic mass is 19.4. The van der Waals surface area contributed by atoms with Gasteiger partial charge in [-0.1, -0.05) is 17.2 Å². The van der Waals surface area contributed by atoms with Crippen LogP contribution in [0.3, 0.4) is 0 Å². The van der Waals surface area contributed by atoms with E-state index in [-0.39, 0.29) is 36.8 Å². The van der Waals surface area contributed by atoms with Crippen molar-refractivity contribution in [2.24, 2.45) is 5.11 Å². The van der Waals surface area contributed by atoms with Gasteiger partial charge in [-0.2, -0.15) is 13.2 Å². The van der Waals surface area contributed by atoms with Crippen LogP contribution >= 0.6 is 0 Å². The van der Waals surface area contributed by atoms with E-state index in [2.05, 4.69) is 19.8 Å². The predicted molar refractivity (Wildman–Crippen MR) is 173 cm³/mol. The number of azide groups is 1. The number of hydrogen-bond donors (Lipinski definition) is 0. The summed E-state index contributed by atoms with van der Waals surface area (Å²) in [6.07, 6.45) is -2.87. The van der Waals surface area contributed by atoms with Gasteiger partial charge >= 0.3 is 11.9 Å². The third-order valence-corrected chi connectivity index (χ3v) is 8.47. The number of carbonyl (C=O) groups is 1. The van der Waals surface area contributed by atoms with Crippen LogP contribution in [0.15, 0.2) is 71.8 Å². The molecule has 0 aromatic heterocycles. The molecular weight excluding hydrogens is 647 g/mol. The fraction of sp³-hybridized carbons (Fsp3) is 0.424. The molecular formula is C33H36F3N7O6. The van der Waals surface area contributed by atoms with Gasteiger partial charge in [0, 0.05) is 87.8 Å². The maximum Gasteiger partial charge on any atom is 0.416 e. The maximum atomic E-state index is 13.0. The summed E-state index contributed by atoms with van der Waals surface area (Å²) in [5.41, 5.74) is 9.18. The second-order valence-electron chi connectivity index (χ2n) is 11.6. The number of amides is 1. The first-order valence-corrected chi connectivity index (χ1v) is 15.8. The van der Waals surface area contributed by atoms with Crippen molar-refractivity contribution in [2.75, 3.05) is 57.4 Å². The molecule has 0 aliphatic carbocycles. The van der Waals surface area contributed by atoms with E-state index < -0.39 is 16.7 Å². The minimum absolute atomic E-state index is 0.0523. The van der Waals surface area contributed by atoms with Gasteiger partial charge in [-0.05, 0) is 53.6 Å². The lowest BCUT2D eigenvalue weighted by Crippen LogP contribution is -2.48. The van der Waals surface area contributed by atoms with Crippen LogP contribution in [0.1, 0.15) is 30.4 Å². The normalized spacial score (nSPS) is 15.7. The summed E-state index contributed by atoms with van der Waals surface area (Å²) in [5.74, 6) is 1.07. The number of hydrogen-bond acceptors (Lipinski definition) is 9. The van der Waals surface area contributed by atoms with E-state index in [1.807, 2.05) is 29.2 Å². The molecule has 49 heavy (non-hydrogen) atoms. The van der Waals surface area contributed by atoms with Crippen molar-refractivity contribution < 1.29 is 37.1 Å². The minimum atomic E-state index is -4.36. The van der Waals surface area contributed by atoms with E-state index in [4.69, 9.17) is 19.7 Å². The highest BCUT2D eigenvalue weighted by Crippen LogP contribution is 2.33. The monoisotopic (exact) mass is 683 g/mol. The molecule has 5 rings (SSSR count). The van der Waals surface area contributed by atoms with Crippen molar-refractivity contribution in [3.8, 4) is 17.2 Å². The van der Waals surface area contributed by atoms with Crippen molar-refractivity contribution >= 4 is 17.3 Å². The van der Waals surface area contributed by atoms with E-state index in [9.17, 15) is 28.1 Å². The van der Waals surface area contributed by atoms with Gasteiger partial charge in [-0.15, -0.1) is 0 Å². The fourth-order valence-electron chi connectivity index (χ4n) is 5.73. The summed E-state index contributed by atoms with van der Waals surface area (Å²) >= 11 is 0. The molecule has 0 unspecified atom stereocenters. The topological polar surface area (TPSA) is 146 Å². The SMILES string of the molecule is [N-]=[N+]=NCOc1cc(OC2CCN(C(=O)CCN3CCN(c4ccc(OCc5ccc(C(F)(F)F)cc5)cc4)CC3)CC2)ccc1[N+](=O)[O-]. The van der Waals surface area contributed by atoms with Gasteiger partial charge in [0.25, 0.3) is 0 Å². The Labute approximate surface area is 280 Å². The van der Waals surface area contributed by atoms with Crippen LogP contribution < -0.4 is 19.1 Å². The number of rotatable bonds is 13. The minimum Gasteiger partial charge on any atom is -0.490 e. The van der Waals surface area contributed by atoms with Crippen molar-refractivity contribution in [3.63, 3.8) is 0 Å². The first kappa shape index (κ1) is 35.1. The molecule has 3 aromatic carbocycles. The number of ether oxygens (including phenoxy) is 3. The van der Waals surface area contributed by atoms with Gasteiger partial charge in [-0.25, -0.2) is 0 Å². The van der Waals surface area contributed by atoms with Crippen molar-refractivity contribution in [2.45, 2.75) is 38.1 Å². The summed E-state index contributed by atoms with van der Waals surface area (Å²) in [7, 11) is 0. The van der Waals surface area contributed by atoms with Crippen molar-refractivity contribution in [1.82, 2.24) is 9.80 Å². The van der Waals surface area contributed by atoms with Gasteiger partial charge in [0.1, 0.15) is 24.2 Å². The zero-order chi connectivity index (χ0) is 34.8. The molecule has 2 aliphatic heterocycles. The molecule has 2 fully saturated rings. The number of carbonyl (C=O) groups excluding carboxylic acids is 1. The number of likely N-dealkylation sites (tertiary alicyclic amines) is 1. The number of halogens is 3. The molecule has 260 valence electrons. The molecule has 0 atom stereocenters. The molecule has 0 bridgehead atoms. The molecule has 3 aromatic rings. The molecule has 1 amide bonds. The Bertz CT molecular complexity index is 1620. The van der Waals surface area contributed by atoms with Gasteiger partial charge in [0.2, 0.25) is 11.7 Å². The Hall–Kier alpha value is -5.21. The number of nitro benzene ring substituents is 1. The number of piperazine rings is 1. The van der Waals surface area contributed by atoms with Crippen LogP contribution in [0.2, 0.25) is 0 Å². The smallest absolute Gasteiger partial charge is 0.416 e. The second-order valence-corrected chi connectivity index (χ2v) is 11.6. The molecule has 0 radical (unpaired) electrons. The highest BCUT2D eigenvalue weighted by molar-refractivity contribution is 5.76.